The maximum atomic E-state index is 13.9. The number of hydrogen-bond donors (Lipinski definition) is 2. The monoisotopic (exact) mass is 418 g/mol. The number of allylic oxidation sites excluding steroid dienone is 4. The summed E-state index contributed by atoms with van der Waals surface area (Å²) in [6.45, 7) is 12.4. The molecule has 0 heterocycles. The van der Waals surface area contributed by atoms with Crippen LogP contribution in [0.1, 0.15) is 98.3 Å². The van der Waals surface area contributed by atoms with E-state index >= 15 is 0 Å². The fourth-order valence-electron chi connectivity index (χ4n) is 6.67. The summed E-state index contributed by atoms with van der Waals surface area (Å²) in [5.41, 5.74) is 2.85. The van der Waals surface area contributed by atoms with E-state index in [0.717, 1.165) is 30.4 Å². The molecule has 0 aromatic carbocycles. The third kappa shape index (κ3) is 5.46. The minimum atomic E-state index is -1.59. The van der Waals surface area contributed by atoms with Gasteiger partial charge in [-0.2, -0.15) is 0 Å². The van der Waals surface area contributed by atoms with Crippen LogP contribution >= 0.6 is 0 Å². The standard InChI is InChI=1S/C27H43FO2/c1-19-14-17-27(29,30)18-22(19)11-10-21-9-7-16-26(5)23(12-13-24(21)26)20(2)8-6-15-25(3,4)28/h10-11,20,23-24,29-30H,1,6-9,12-18H2,2-5H3/b21-10?,22-11-/t20-,23-,24?,26-/m1/s1. The molecule has 2 N–H and O–H groups in total. The molecule has 0 aromatic rings. The van der Waals surface area contributed by atoms with Gasteiger partial charge in [0, 0.05) is 12.8 Å². The van der Waals surface area contributed by atoms with E-state index in [4.69, 9.17) is 0 Å². The van der Waals surface area contributed by atoms with Gasteiger partial charge >= 0.3 is 0 Å². The van der Waals surface area contributed by atoms with E-state index in [0.29, 0.717) is 42.4 Å². The van der Waals surface area contributed by atoms with E-state index in [1.54, 1.807) is 13.8 Å². The summed E-state index contributed by atoms with van der Waals surface area (Å²) < 4.78 is 13.9. The molecule has 2 nitrogen and oxygen atoms in total. The van der Waals surface area contributed by atoms with Gasteiger partial charge in [-0.05, 0) is 87.5 Å². The highest BCUT2D eigenvalue weighted by Gasteiger charge is 2.50. The van der Waals surface area contributed by atoms with Crippen molar-refractivity contribution in [2.45, 2.75) is 110 Å². The number of hydrogen-bond acceptors (Lipinski definition) is 2. The average Bonchev–Trinajstić information content (AvgIpc) is 2.99. The van der Waals surface area contributed by atoms with Crippen molar-refractivity contribution in [1.82, 2.24) is 0 Å². The van der Waals surface area contributed by atoms with Crippen molar-refractivity contribution in [3.05, 3.63) is 35.5 Å². The Labute approximate surface area is 183 Å². The van der Waals surface area contributed by atoms with Crippen LogP contribution in [0.15, 0.2) is 35.5 Å². The molecule has 3 fully saturated rings. The normalized spacial score (nSPS) is 35.6. The molecule has 0 spiro atoms. The predicted octanol–water partition coefficient (Wildman–Crippen LogP) is 7.03. The summed E-state index contributed by atoms with van der Waals surface area (Å²) in [4.78, 5) is 0. The first-order valence-corrected chi connectivity index (χ1v) is 12.1. The summed E-state index contributed by atoms with van der Waals surface area (Å²) in [7, 11) is 0. The Kier molecular flexibility index (Phi) is 7.04. The Morgan fingerprint density at radius 2 is 1.93 bits per heavy atom. The van der Waals surface area contributed by atoms with E-state index in [2.05, 4.69) is 32.6 Å². The maximum Gasteiger partial charge on any atom is 0.166 e. The SMILES string of the molecule is C=C1CCC(O)(O)C/C1=C/C=C1CCC[C@@]2(C)C1CC[C@@H]2[C@H](C)CCCC(C)(C)F. The molecular formula is C27H43FO2. The third-order valence-electron chi connectivity index (χ3n) is 8.41. The Morgan fingerprint density at radius 1 is 1.20 bits per heavy atom. The minimum Gasteiger partial charge on any atom is -0.365 e. The molecule has 4 atom stereocenters. The first-order valence-electron chi connectivity index (χ1n) is 12.1. The lowest BCUT2D eigenvalue weighted by molar-refractivity contribution is -0.166. The summed E-state index contributed by atoms with van der Waals surface area (Å²) >= 11 is 0. The number of alkyl halides is 1. The number of rotatable bonds is 6. The maximum absolute atomic E-state index is 13.9. The van der Waals surface area contributed by atoms with Crippen molar-refractivity contribution < 1.29 is 14.6 Å². The van der Waals surface area contributed by atoms with Gasteiger partial charge in [0.25, 0.3) is 0 Å². The van der Waals surface area contributed by atoms with E-state index in [1.165, 1.54) is 31.3 Å². The zero-order valence-electron chi connectivity index (χ0n) is 19.6. The molecule has 3 aliphatic carbocycles. The Balaban J connectivity index is 1.70. The van der Waals surface area contributed by atoms with Gasteiger partial charge in [-0.15, -0.1) is 0 Å². The van der Waals surface area contributed by atoms with E-state index in [-0.39, 0.29) is 6.42 Å². The van der Waals surface area contributed by atoms with Gasteiger partial charge in [-0.25, -0.2) is 4.39 Å². The molecule has 1 unspecified atom stereocenters. The van der Waals surface area contributed by atoms with Crippen LogP contribution in [0.2, 0.25) is 0 Å². The molecule has 0 radical (unpaired) electrons. The highest BCUT2D eigenvalue weighted by Crippen LogP contribution is 2.60. The van der Waals surface area contributed by atoms with Gasteiger partial charge < -0.3 is 10.2 Å². The quantitative estimate of drug-likeness (QED) is 0.455. The molecule has 30 heavy (non-hydrogen) atoms. The number of fused-ring (bicyclic) bond motifs is 1. The second-order valence-electron chi connectivity index (χ2n) is 11.4. The van der Waals surface area contributed by atoms with E-state index in [9.17, 15) is 14.6 Å². The zero-order valence-corrected chi connectivity index (χ0v) is 19.6. The molecule has 0 saturated heterocycles. The van der Waals surface area contributed by atoms with Gasteiger partial charge in [0.15, 0.2) is 5.79 Å². The van der Waals surface area contributed by atoms with Crippen molar-refractivity contribution in [1.29, 1.82) is 0 Å². The molecule has 0 aromatic heterocycles. The van der Waals surface area contributed by atoms with Crippen LogP contribution in [-0.4, -0.2) is 21.7 Å². The Morgan fingerprint density at radius 3 is 2.63 bits per heavy atom. The fourth-order valence-corrected chi connectivity index (χ4v) is 6.67. The third-order valence-corrected chi connectivity index (χ3v) is 8.41. The molecule has 3 rings (SSSR count). The van der Waals surface area contributed by atoms with Crippen LogP contribution in [0.3, 0.4) is 0 Å². The van der Waals surface area contributed by atoms with Crippen LogP contribution in [0, 0.1) is 23.2 Å². The highest BCUT2D eigenvalue weighted by molar-refractivity contribution is 5.36. The van der Waals surface area contributed by atoms with Crippen LogP contribution in [0.5, 0.6) is 0 Å². The zero-order chi connectivity index (χ0) is 22.2. The summed E-state index contributed by atoms with van der Waals surface area (Å²) in [6, 6.07) is 0. The Hall–Kier alpha value is -0.930. The van der Waals surface area contributed by atoms with E-state index < -0.39 is 11.5 Å². The van der Waals surface area contributed by atoms with Crippen molar-refractivity contribution in [2.24, 2.45) is 23.2 Å². The lowest BCUT2D eigenvalue weighted by Gasteiger charge is -2.44. The van der Waals surface area contributed by atoms with Crippen LogP contribution in [-0.2, 0) is 0 Å². The van der Waals surface area contributed by atoms with Gasteiger partial charge in [0.1, 0.15) is 5.67 Å². The lowest BCUT2D eigenvalue weighted by atomic mass is 9.60. The second-order valence-corrected chi connectivity index (χ2v) is 11.4. The molecular weight excluding hydrogens is 375 g/mol. The first-order chi connectivity index (χ1) is 13.9. The molecule has 3 aliphatic rings. The van der Waals surface area contributed by atoms with Gasteiger partial charge in [0.2, 0.25) is 0 Å². The number of aliphatic hydroxyl groups is 2. The van der Waals surface area contributed by atoms with Crippen LogP contribution < -0.4 is 0 Å². The summed E-state index contributed by atoms with van der Waals surface area (Å²) in [5, 5.41) is 20.1. The molecule has 170 valence electrons. The molecule has 3 heteroatoms. The van der Waals surface area contributed by atoms with Crippen LogP contribution in [0.4, 0.5) is 4.39 Å². The van der Waals surface area contributed by atoms with Crippen molar-refractivity contribution in [2.75, 3.05) is 0 Å². The Bertz CT molecular complexity index is 696. The smallest absolute Gasteiger partial charge is 0.166 e. The molecule has 3 saturated carbocycles. The van der Waals surface area contributed by atoms with Crippen molar-refractivity contribution in [3.8, 4) is 0 Å². The summed E-state index contributed by atoms with van der Waals surface area (Å²) in [5.74, 6) is 0.392. The van der Waals surface area contributed by atoms with Gasteiger partial charge in [-0.3, -0.25) is 0 Å². The topological polar surface area (TPSA) is 40.5 Å². The lowest BCUT2D eigenvalue weighted by Crippen LogP contribution is -2.36. The van der Waals surface area contributed by atoms with Crippen LogP contribution in [0.25, 0.3) is 0 Å². The molecule has 0 bridgehead atoms. The van der Waals surface area contributed by atoms with E-state index in [1.807, 2.05) is 0 Å². The van der Waals surface area contributed by atoms with Crippen molar-refractivity contribution in [3.63, 3.8) is 0 Å². The first kappa shape index (κ1) is 23.7. The van der Waals surface area contributed by atoms with Gasteiger partial charge in [-0.1, -0.05) is 56.6 Å². The van der Waals surface area contributed by atoms with Gasteiger partial charge in [0.05, 0.1) is 0 Å². The molecule has 0 aliphatic heterocycles. The largest absolute Gasteiger partial charge is 0.365 e. The second kappa shape index (κ2) is 8.90. The van der Waals surface area contributed by atoms with Crippen molar-refractivity contribution >= 4 is 0 Å². The highest BCUT2D eigenvalue weighted by atomic mass is 19.1. The average molecular weight is 419 g/mol. The fraction of sp³-hybridized carbons (Fsp3) is 0.778. The predicted molar refractivity (Wildman–Crippen MR) is 123 cm³/mol. The molecule has 0 amide bonds. The summed E-state index contributed by atoms with van der Waals surface area (Å²) in [6.07, 6.45) is 14.7. The minimum absolute atomic E-state index is 0.280. The number of halogens is 1.